The Kier molecular flexibility index (Phi) is 3.40. The Labute approximate surface area is 113 Å². The summed E-state index contributed by atoms with van der Waals surface area (Å²) in [6, 6.07) is 6.88. The molecule has 1 heterocycles. The van der Waals surface area contributed by atoms with Crippen molar-refractivity contribution < 1.29 is 9.21 Å². The van der Waals surface area contributed by atoms with Crippen LogP contribution in [-0.4, -0.2) is 5.78 Å². The maximum Gasteiger partial charge on any atom is 0.197 e. The summed E-state index contributed by atoms with van der Waals surface area (Å²) in [6.07, 6.45) is 0. The highest BCUT2D eigenvalue weighted by atomic mass is 79.9. The number of ketones is 1. The molecule has 0 N–H and O–H groups in total. The second-order valence-electron chi connectivity index (χ2n) is 3.78. The molecular weight excluding hydrogens is 303 g/mol. The summed E-state index contributed by atoms with van der Waals surface area (Å²) in [4.78, 5) is 12.3. The first-order valence-electron chi connectivity index (χ1n) is 5.06. The Bertz CT molecular complexity index is 587. The van der Waals surface area contributed by atoms with Crippen LogP contribution in [0.2, 0.25) is 5.02 Å². The SMILES string of the molecule is Cc1cc(C(=O)c2cc(Cl)ccc2Br)c(C)o1. The third-order valence-corrected chi connectivity index (χ3v) is 3.39. The van der Waals surface area contributed by atoms with E-state index in [2.05, 4.69) is 15.9 Å². The monoisotopic (exact) mass is 312 g/mol. The van der Waals surface area contributed by atoms with E-state index in [0.717, 1.165) is 10.2 Å². The number of hydrogen-bond acceptors (Lipinski definition) is 2. The van der Waals surface area contributed by atoms with Crippen LogP contribution in [0.3, 0.4) is 0 Å². The second-order valence-corrected chi connectivity index (χ2v) is 5.07. The molecule has 0 atom stereocenters. The Morgan fingerprint density at radius 1 is 1.24 bits per heavy atom. The first-order chi connectivity index (χ1) is 7.99. The van der Waals surface area contributed by atoms with Gasteiger partial charge in [0.1, 0.15) is 11.5 Å². The molecule has 0 spiro atoms. The first-order valence-corrected chi connectivity index (χ1v) is 6.23. The van der Waals surface area contributed by atoms with Crippen LogP contribution in [0.15, 0.2) is 33.2 Å². The molecular formula is C13H10BrClO2. The van der Waals surface area contributed by atoms with Gasteiger partial charge in [-0.25, -0.2) is 0 Å². The highest BCUT2D eigenvalue weighted by Crippen LogP contribution is 2.26. The quantitative estimate of drug-likeness (QED) is 0.762. The van der Waals surface area contributed by atoms with Crippen LogP contribution < -0.4 is 0 Å². The molecule has 4 heteroatoms. The molecule has 1 aromatic carbocycles. The molecule has 0 bridgehead atoms. The van der Waals surface area contributed by atoms with Crippen molar-refractivity contribution in [2.45, 2.75) is 13.8 Å². The Morgan fingerprint density at radius 2 is 1.94 bits per heavy atom. The highest BCUT2D eigenvalue weighted by molar-refractivity contribution is 9.10. The third kappa shape index (κ3) is 2.45. The number of hydrogen-bond donors (Lipinski definition) is 0. The fraction of sp³-hybridized carbons (Fsp3) is 0.154. The van der Waals surface area contributed by atoms with Gasteiger partial charge in [0.05, 0.1) is 5.56 Å². The van der Waals surface area contributed by atoms with Crippen molar-refractivity contribution in [3.8, 4) is 0 Å². The van der Waals surface area contributed by atoms with Crippen LogP contribution in [0, 0.1) is 13.8 Å². The predicted molar refractivity (Wildman–Crippen MR) is 70.8 cm³/mol. The number of benzene rings is 1. The molecule has 0 amide bonds. The molecule has 0 aliphatic rings. The first kappa shape index (κ1) is 12.4. The summed E-state index contributed by atoms with van der Waals surface area (Å²) in [6.45, 7) is 3.59. The molecule has 2 rings (SSSR count). The number of aryl methyl sites for hydroxylation is 2. The molecule has 88 valence electrons. The van der Waals surface area contributed by atoms with E-state index in [-0.39, 0.29) is 5.78 Å². The van der Waals surface area contributed by atoms with E-state index in [0.29, 0.717) is 21.9 Å². The molecule has 2 aromatic rings. The van der Waals surface area contributed by atoms with E-state index < -0.39 is 0 Å². The Morgan fingerprint density at radius 3 is 2.53 bits per heavy atom. The lowest BCUT2D eigenvalue weighted by Crippen LogP contribution is -2.02. The predicted octanol–water partition coefficient (Wildman–Crippen LogP) is 4.54. The molecule has 0 unspecified atom stereocenters. The molecule has 0 aliphatic heterocycles. The van der Waals surface area contributed by atoms with E-state index in [1.54, 1.807) is 31.2 Å². The molecule has 2 nitrogen and oxygen atoms in total. The van der Waals surface area contributed by atoms with Gasteiger partial charge in [-0.05, 0) is 38.1 Å². The minimum absolute atomic E-state index is 0.0891. The van der Waals surface area contributed by atoms with Crippen molar-refractivity contribution in [3.63, 3.8) is 0 Å². The van der Waals surface area contributed by atoms with Gasteiger partial charge < -0.3 is 4.42 Å². The van der Waals surface area contributed by atoms with Gasteiger partial charge in [0.25, 0.3) is 0 Å². The Hall–Kier alpha value is -1.06. The van der Waals surface area contributed by atoms with E-state index in [9.17, 15) is 4.79 Å². The molecule has 0 aliphatic carbocycles. The summed E-state index contributed by atoms with van der Waals surface area (Å²) in [5, 5.41) is 0.536. The number of rotatable bonds is 2. The van der Waals surface area contributed by atoms with Crippen LogP contribution in [0.5, 0.6) is 0 Å². The molecule has 17 heavy (non-hydrogen) atoms. The van der Waals surface area contributed by atoms with Gasteiger partial charge in [-0.3, -0.25) is 4.79 Å². The van der Waals surface area contributed by atoms with Gasteiger partial charge in [-0.2, -0.15) is 0 Å². The lowest BCUT2D eigenvalue weighted by atomic mass is 10.0. The molecule has 1 aromatic heterocycles. The standard InChI is InChI=1S/C13H10BrClO2/c1-7-5-10(8(2)17-7)13(16)11-6-9(15)3-4-12(11)14/h3-6H,1-2H3. The minimum Gasteiger partial charge on any atom is -0.466 e. The lowest BCUT2D eigenvalue weighted by molar-refractivity contribution is 0.103. The fourth-order valence-electron chi connectivity index (χ4n) is 1.67. The molecule has 0 saturated heterocycles. The van der Waals surface area contributed by atoms with Crippen LogP contribution in [0.1, 0.15) is 27.4 Å². The van der Waals surface area contributed by atoms with Gasteiger partial charge in [0, 0.05) is 15.1 Å². The molecule has 0 saturated carbocycles. The van der Waals surface area contributed by atoms with Gasteiger partial charge in [-0.15, -0.1) is 0 Å². The molecule has 0 fully saturated rings. The van der Waals surface area contributed by atoms with Crippen LogP contribution in [0.4, 0.5) is 0 Å². The minimum atomic E-state index is -0.0891. The van der Waals surface area contributed by atoms with Crippen molar-refractivity contribution in [3.05, 3.63) is 56.4 Å². The summed E-state index contributed by atoms with van der Waals surface area (Å²) in [5.41, 5.74) is 1.12. The number of carbonyl (C=O) groups is 1. The smallest absolute Gasteiger partial charge is 0.197 e. The van der Waals surface area contributed by atoms with Gasteiger partial charge >= 0.3 is 0 Å². The summed E-state index contributed by atoms with van der Waals surface area (Å²) in [7, 11) is 0. The van der Waals surface area contributed by atoms with Crippen molar-refractivity contribution in [1.29, 1.82) is 0 Å². The normalized spacial score (nSPS) is 10.6. The number of halogens is 2. The van der Waals surface area contributed by atoms with E-state index in [1.165, 1.54) is 0 Å². The van der Waals surface area contributed by atoms with E-state index >= 15 is 0 Å². The van der Waals surface area contributed by atoms with Gasteiger partial charge in [-0.1, -0.05) is 27.5 Å². The van der Waals surface area contributed by atoms with Crippen molar-refractivity contribution >= 4 is 33.3 Å². The van der Waals surface area contributed by atoms with E-state index in [1.807, 2.05) is 6.92 Å². The van der Waals surface area contributed by atoms with Crippen molar-refractivity contribution in [2.75, 3.05) is 0 Å². The topological polar surface area (TPSA) is 30.2 Å². The zero-order chi connectivity index (χ0) is 12.6. The number of furan rings is 1. The fourth-order valence-corrected chi connectivity index (χ4v) is 2.27. The van der Waals surface area contributed by atoms with Gasteiger partial charge in [0.2, 0.25) is 0 Å². The zero-order valence-electron chi connectivity index (χ0n) is 9.38. The zero-order valence-corrected chi connectivity index (χ0v) is 11.7. The summed E-state index contributed by atoms with van der Waals surface area (Å²) in [5.74, 6) is 1.26. The third-order valence-electron chi connectivity index (χ3n) is 2.46. The van der Waals surface area contributed by atoms with Crippen molar-refractivity contribution in [2.24, 2.45) is 0 Å². The average molecular weight is 314 g/mol. The maximum absolute atomic E-state index is 12.3. The largest absolute Gasteiger partial charge is 0.466 e. The Balaban J connectivity index is 2.50. The van der Waals surface area contributed by atoms with E-state index in [4.69, 9.17) is 16.0 Å². The van der Waals surface area contributed by atoms with Crippen LogP contribution in [0.25, 0.3) is 0 Å². The number of carbonyl (C=O) groups excluding carboxylic acids is 1. The van der Waals surface area contributed by atoms with Crippen molar-refractivity contribution in [1.82, 2.24) is 0 Å². The second kappa shape index (κ2) is 4.67. The van der Waals surface area contributed by atoms with Crippen LogP contribution >= 0.6 is 27.5 Å². The summed E-state index contributed by atoms with van der Waals surface area (Å²) < 4.78 is 6.09. The average Bonchev–Trinajstić information content (AvgIpc) is 2.60. The maximum atomic E-state index is 12.3. The van der Waals surface area contributed by atoms with Crippen LogP contribution in [-0.2, 0) is 0 Å². The summed E-state index contributed by atoms with van der Waals surface area (Å²) >= 11 is 9.25. The van der Waals surface area contributed by atoms with Gasteiger partial charge in [0.15, 0.2) is 5.78 Å². The highest BCUT2D eigenvalue weighted by Gasteiger charge is 2.18. The molecule has 0 radical (unpaired) electrons. The lowest BCUT2D eigenvalue weighted by Gasteiger charge is -2.03.